The van der Waals surface area contributed by atoms with Crippen LogP contribution in [-0.2, 0) is 5.75 Å². The summed E-state index contributed by atoms with van der Waals surface area (Å²) in [5, 5.41) is 0. The maximum atomic E-state index is 12.8. The molecule has 1 aromatic carbocycles. The zero-order chi connectivity index (χ0) is 10.7. The summed E-state index contributed by atoms with van der Waals surface area (Å²) in [6, 6.07) is 4.43. The lowest BCUT2D eigenvalue weighted by atomic mass is 10.2. The first-order chi connectivity index (χ1) is 7.25. The van der Waals surface area contributed by atoms with Gasteiger partial charge in [-0.3, -0.25) is 0 Å². The average Bonchev–Trinajstić information content (AvgIpc) is 2.69. The van der Waals surface area contributed by atoms with Gasteiger partial charge >= 0.3 is 0 Å². The van der Waals surface area contributed by atoms with Crippen LogP contribution in [0.1, 0.15) is 5.56 Å². The van der Waals surface area contributed by atoms with Gasteiger partial charge in [0.1, 0.15) is 12.1 Å². The molecule has 0 atom stereocenters. The second-order valence-corrected chi connectivity index (χ2v) is 4.84. The minimum Gasteiger partial charge on any atom is -0.398 e. The molecule has 0 aliphatic carbocycles. The van der Waals surface area contributed by atoms with Crippen molar-refractivity contribution in [2.24, 2.45) is 0 Å². The number of thioether (sulfide) groups is 1. The van der Waals surface area contributed by atoms with Gasteiger partial charge in [-0.1, -0.05) is 17.8 Å². The Balaban J connectivity index is 2.05. The van der Waals surface area contributed by atoms with Gasteiger partial charge in [0.25, 0.3) is 0 Å². The predicted octanol–water partition coefficient (Wildman–Crippen LogP) is 2.55. The van der Waals surface area contributed by atoms with E-state index in [-0.39, 0.29) is 5.82 Å². The number of hydrogen-bond acceptors (Lipinski definition) is 5. The Hall–Kier alpha value is -1.14. The molecule has 1 heterocycles. The maximum Gasteiger partial charge on any atom is 0.170 e. The quantitative estimate of drug-likeness (QED) is 0.662. The van der Waals surface area contributed by atoms with Gasteiger partial charge in [0.2, 0.25) is 0 Å². The summed E-state index contributed by atoms with van der Waals surface area (Å²) in [5.41, 5.74) is 7.07. The topological polar surface area (TPSA) is 51.8 Å². The average molecular weight is 241 g/mol. The molecule has 0 amide bonds. The Morgan fingerprint density at radius 1 is 1.47 bits per heavy atom. The molecule has 2 aromatic rings. The molecular weight excluding hydrogens is 233 g/mol. The fraction of sp³-hybridized carbons (Fsp3) is 0.111. The van der Waals surface area contributed by atoms with Crippen molar-refractivity contribution in [2.45, 2.75) is 10.1 Å². The van der Waals surface area contributed by atoms with Gasteiger partial charge in [-0.15, -0.1) is 0 Å². The number of nitrogens with zero attached hydrogens (tertiary/aromatic N) is 2. The number of nitrogens with two attached hydrogens (primary N) is 1. The van der Waals surface area contributed by atoms with Crippen LogP contribution >= 0.6 is 23.3 Å². The summed E-state index contributed by atoms with van der Waals surface area (Å²) >= 11 is 2.88. The van der Waals surface area contributed by atoms with E-state index in [1.54, 1.807) is 17.8 Å². The summed E-state index contributed by atoms with van der Waals surface area (Å²) in [6.07, 6.45) is 1.51. The second kappa shape index (κ2) is 4.59. The van der Waals surface area contributed by atoms with E-state index in [1.165, 1.54) is 30.0 Å². The lowest BCUT2D eigenvalue weighted by Gasteiger charge is -2.03. The highest BCUT2D eigenvalue weighted by Crippen LogP contribution is 2.26. The summed E-state index contributed by atoms with van der Waals surface area (Å²) in [4.78, 5) is 4.03. The van der Waals surface area contributed by atoms with E-state index in [4.69, 9.17) is 5.73 Å². The van der Waals surface area contributed by atoms with Crippen LogP contribution in [0.5, 0.6) is 0 Å². The van der Waals surface area contributed by atoms with E-state index in [2.05, 4.69) is 9.36 Å². The highest BCUT2D eigenvalue weighted by Gasteiger charge is 2.03. The summed E-state index contributed by atoms with van der Waals surface area (Å²) in [5.74, 6) is 0.374. The Morgan fingerprint density at radius 3 is 3.00 bits per heavy atom. The monoisotopic (exact) mass is 241 g/mol. The van der Waals surface area contributed by atoms with E-state index in [0.29, 0.717) is 11.4 Å². The molecule has 0 unspecified atom stereocenters. The first kappa shape index (κ1) is 10.4. The Labute approximate surface area is 94.7 Å². The maximum absolute atomic E-state index is 12.8. The highest BCUT2D eigenvalue weighted by atomic mass is 32.2. The Morgan fingerprint density at radius 2 is 2.33 bits per heavy atom. The van der Waals surface area contributed by atoms with Gasteiger partial charge in [0, 0.05) is 11.4 Å². The number of rotatable bonds is 3. The van der Waals surface area contributed by atoms with Gasteiger partial charge in [-0.25, -0.2) is 9.37 Å². The molecule has 0 fully saturated rings. The van der Waals surface area contributed by atoms with E-state index < -0.39 is 0 Å². The standard InChI is InChI=1S/C9H8FN3S2/c10-7-2-1-6(8(11)3-7)4-14-9-12-5-13-15-9/h1-3,5H,4,11H2. The number of hydrogen-bond donors (Lipinski definition) is 1. The minimum absolute atomic E-state index is 0.308. The molecule has 0 bridgehead atoms. The Kier molecular flexibility index (Phi) is 3.17. The van der Waals surface area contributed by atoms with E-state index >= 15 is 0 Å². The number of benzene rings is 1. The van der Waals surface area contributed by atoms with E-state index in [9.17, 15) is 4.39 Å². The smallest absolute Gasteiger partial charge is 0.170 e. The fourth-order valence-corrected chi connectivity index (χ4v) is 2.52. The van der Waals surface area contributed by atoms with Crippen molar-refractivity contribution in [1.82, 2.24) is 9.36 Å². The van der Waals surface area contributed by atoms with Crippen LogP contribution < -0.4 is 5.73 Å². The van der Waals surface area contributed by atoms with Crippen LogP contribution in [0, 0.1) is 5.82 Å². The summed E-state index contributed by atoms with van der Waals surface area (Å²) in [7, 11) is 0. The molecule has 0 spiro atoms. The highest BCUT2D eigenvalue weighted by molar-refractivity contribution is 8.00. The van der Waals surface area contributed by atoms with Crippen LogP contribution in [0.15, 0.2) is 28.9 Å². The number of nitrogen functional groups attached to an aromatic ring is 1. The van der Waals surface area contributed by atoms with Crippen molar-refractivity contribution < 1.29 is 4.39 Å². The zero-order valence-electron chi connectivity index (χ0n) is 7.68. The number of halogens is 1. The predicted molar refractivity (Wildman–Crippen MR) is 60.3 cm³/mol. The summed E-state index contributed by atoms with van der Waals surface area (Å²) in [6.45, 7) is 0. The van der Waals surface area contributed by atoms with Gasteiger partial charge in [-0.2, -0.15) is 4.37 Å². The molecule has 0 radical (unpaired) electrons. The van der Waals surface area contributed by atoms with Crippen LogP contribution in [0.2, 0.25) is 0 Å². The van der Waals surface area contributed by atoms with Crippen molar-refractivity contribution in [2.75, 3.05) is 5.73 Å². The molecule has 2 rings (SSSR count). The third kappa shape index (κ3) is 2.66. The molecule has 0 aliphatic heterocycles. The molecule has 2 N–H and O–H groups in total. The molecule has 1 aromatic heterocycles. The minimum atomic E-state index is -0.308. The lowest BCUT2D eigenvalue weighted by molar-refractivity contribution is 0.628. The SMILES string of the molecule is Nc1cc(F)ccc1CSc1ncns1. The van der Waals surface area contributed by atoms with Crippen molar-refractivity contribution >= 4 is 29.0 Å². The van der Waals surface area contributed by atoms with Crippen molar-refractivity contribution in [3.05, 3.63) is 35.9 Å². The van der Waals surface area contributed by atoms with E-state index in [1.807, 2.05) is 0 Å². The van der Waals surface area contributed by atoms with Crippen molar-refractivity contribution in [3.63, 3.8) is 0 Å². The molecule has 15 heavy (non-hydrogen) atoms. The number of anilines is 1. The van der Waals surface area contributed by atoms with Crippen LogP contribution in [0.4, 0.5) is 10.1 Å². The molecular formula is C9H8FN3S2. The molecule has 0 saturated carbocycles. The molecule has 3 nitrogen and oxygen atoms in total. The second-order valence-electron chi connectivity index (χ2n) is 2.84. The molecule has 78 valence electrons. The zero-order valence-corrected chi connectivity index (χ0v) is 9.32. The largest absolute Gasteiger partial charge is 0.398 e. The molecule has 6 heteroatoms. The van der Waals surface area contributed by atoms with Crippen LogP contribution in [0.25, 0.3) is 0 Å². The normalized spacial score (nSPS) is 10.5. The fourth-order valence-electron chi connectivity index (χ4n) is 1.06. The lowest BCUT2D eigenvalue weighted by Crippen LogP contribution is -1.93. The van der Waals surface area contributed by atoms with Crippen LogP contribution in [0.3, 0.4) is 0 Å². The van der Waals surface area contributed by atoms with Crippen molar-refractivity contribution in [3.8, 4) is 0 Å². The number of aromatic nitrogens is 2. The third-order valence-corrected chi connectivity index (χ3v) is 3.65. The van der Waals surface area contributed by atoms with Gasteiger partial charge < -0.3 is 5.73 Å². The molecule has 0 aliphatic rings. The summed E-state index contributed by atoms with van der Waals surface area (Å²) < 4.78 is 17.5. The van der Waals surface area contributed by atoms with Crippen LogP contribution in [-0.4, -0.2) is 9.36 Å². The van der Waals surface area contributed by atoms with Gasteiger partial charge in [0.05, 0.1) is 0 Å². The van der Waals surface area contributed by atoms with E-state index in [0.717, 1.165) is 9.90 Å². The first-order valence-electron chi connectivity index (χ1n) is 4.19. The van der Waals surface area contributed by atoms with Crippen molar-refractivity contribution in [1.29, 1.82) is 0 Å². The third-order valence-electron chi connectivity index (χ3n) is 1.80. The van der Waals surface area contributed by atoms with Gasteiger partial charge in [-0.05, 0) is 29.2 Å². The Bertz CT molecular complexity index is 445. The van der Waals surface area contributed by atoms with Gasteiger partial charge in [0.15, 0.2) is 4.34 Å². The molecule has 0 saturated heterocycles. The first-order valence-corrected chi connectivity index (χ1v) is 5.95.